The minimum absolute atomic E-state index is 0.211. The summed E-state index contributed by atoms with van der Waals surface area (Å²) in [6, 6.07) is 23.9. The van der Waals surface area contributed by atoms with Gasteiger partial charge in [0.05, 0.1) is 16.9 Å². The maximum Gasteiger partial charge on any atom is 0.337 e. The lowest BCUT2D eigenvalue weighted by Gasteiger charge is -2.18. The Labute approximate surface area is 189 Å². The second-order valence-electron chi connectivity index (χ2n) is 7.10. The Hall–Kier alpha value is -4.10. The van der Waals surface area contributed by atoms with Gasteiger partial charge >= 0.3 is 12.0 Å². The Morgan fingerprint density at radius 3 is 2.38 bits per heavy atom. The number of urea groups is 1. The molecule has 3 N–H and O–H groups in total. The average molecular weight is 444 g/mol. The molecule has 0 radical (unpaired) electrons. The van der Waals surface area contributed by atoms with Gasteiger partial charge in [0.1, 0.15) is 0 Å². The number of para-hydroxylation sites is 1. The number of benzene rings is 3. The van der Waals surface area contributed by atoms with E-state index in [1.807, 2.05) is 65.4 Å². The Morgan fingerprint density at radius 1 is 0.875 bits per heavy atom. The van der Waals surface area contributed by atoms with E-state index in [1.54, 1.807) is 36.2 Å². The van der Waals surface area contributed by atoms with Gasteiger partial charge in [0, 0.05) is 23.8 Å². The van der Waals surface area contributed by atoms with Crippen molar-refractivity contribution in [2.45, 2.75) is 0 Å². The fourth-order valence-electron chi connectivity index (χ4n) is 3.23. The standard InChI is InChI=1S/C25H21N3O3S/c1-28(25(31)27-20-13-14-32-16-20)21-6-4-5-18(15-21)17-9-11-19(12-10-17)26-23-8-3-2-7-22(23)24(29)30/h2-16,26H,1H3,(H,27,31)(H,29,30). The molecule has 0 aliphatic heterocycles. The van der Waals surface area contributed by atoms with Gasteiger partial charge in [-0.25, -0.2) is 9.59 Å². The van der Waals surface area contributed by atoms with Crippen LogP contribution in [0.1, 0.15) is 10.4 Å². The number of nitrogens with zero attached hydrogens (tertiary/aromatic N) is 1. The molecule has 0 bridgehead atoms. The van der Waals surface area contributed by atoms with Crippen molar-refractivity contribution in [2.24, 2.45) is 0 Å². The van der Waals surface area contributed by atoms with Gasteiger partial charge in [-0.15, -0.1) is 0 Å². The predicted molar refractivity (Wildman–Crippen MR) is 130 cm³/mol. The molecule has 32 heavy (non-hydrogen) atoms. The molecule has 160 valence electrons. The SMILES string of the molecule is CN(C(=O)Nc1ccsc1)c1cccc(-c2ccc(Nc3ccccc3C(=O)O)cc2)c1. The van der Waals surface area contributed by atoms with Gasteiger partial charge in [-0.2, -0.15) is 11.3 Å². The van der Waals surface area contributed by atoms with E-state index in [4.69, 9.17) is 0 Å². The number of aromatic carboxylic acids is 1. The lowest BCUT2D eigenvalue weighted by molar-refractivity contribution is 0.0698. The molecule has 2 amide bonds. The van der Waals surface area contributed by atoms with Crippen molar-refractivity contribution >= 4 is 46.1 Å². The first-order valence-electron chi connectivity index (χ1n) is 9.88. The van der Waals surface area contributed by atoms with Gasteiger partial charge in [0.2, 0.25) is 0 Å². The third kappa shape index (κ3) is 4.79. The Morgan fingerprint density at radius 2 is 1.66 bits per heavy atom. The monoisotopic (exact) mass is 443 g/mol. The molecular formula is C25H21N3O3S. The number of anilines is 4. The van der Waals surface area contributed by atoms with Crippen LogP contribution in [-0.4, -0.2) is 24.2 Å². The summed E-state index contributed by atoms with van der Waals surface area (Å²) >= 11 is 1.53. The van der Waals surface area contributed by atoms with Crippen molar-refractivity contribution in [1.82, 2.24) is 0 Å². The Bertz CT molecular complexity index is 1240. The van der Waals surface area contributed by atoms with Crippen LogP contribution in [0, 0.1) is 0 Å². The molecule has 1 aromatic heterocycles. The maximum absolute atomic E-state index is 12.5. The first-order chi connectivity index (χ1) is 15.5. The number of amides is 2. The minimum Gasteiger partial charge on any atom is -0.478 e. The number of nitrogens with one attached hydrogen (secondary N) is 2. The first-order valence-corrected chi connectivity index (χ1v) is 10.8. The number of thiophene rings is 1. The van der Waals surface area contributed by atoms with Gasteiger partial charge in [-0.05, 0) is 59.0 Å². The van der Waals surface area contributed by atoms with E-state index < -0.39 is 5.97 Å². The van der Waals surface area contributed by atoms with E-state index in [9.17, 15) is 14.7 Å². The number of carboxylic acid groups (broad SMARTS) is 1. The molecule has 0 atom stereocenters. The molecule has 0 aliphatic rings. The van der Waals surface area contributed by atoms with Crippen molar-refractivity contribution in [3.8, 4) is 11.1 Å². The summed E-state index contributed by atoms with van der Waals surface area (Å²) in [5.74, 6) is -0.978. The third-order valence-corrected chi connectivity index (χ3v) is 5.65. The van der Waals surface area contributed by atoms with Crippen LogP contribution in [0.2, 0.25) is 0 Å². The summed E-state index contributed by atoms with van der Waals surface area (Å²) in [5.41, 5.74) is 5.03. The van der Waals surface area contributed by atoms with E-state index in [2.05, 4.69) is 10.6 Å². The molecule has 1 heterocycles. The fraction of sp³-hybridized carbons (Fsp3) is 0.0400. The number of rotatable bonds is 6. The van der Waals surface area contributed by atoms with E-state index in [1.165, 1.54) is 11.3 Å². The lowest BCUT2D eigenvalue weighted by atomic mass is 10.0. The molecule has 6 nitrogen and oxygen atoms in total. The van der Waals surface area contributed by atoms with Crippen molar-refractivity contribution in [1.29, 1.82) is 0 Å². The number of carbonyl (C=O) groups excluding carboxylic acids is 1. The predicted octanol–water partition coefficient (Wildman–Crippen LogP) is 6.53. The van der Waals surface area contributed by atoms with Crippen molar-refractivity contribution < 1.29 is 14.7 Å². The summed E-state index contributed by atoms with van der Waals surface area (Å²) < 4.78 is 0. The van der Waals surface area contributed by atoms with E-state index in [0.29, 0.717) is 5.69 Å². The highest BCUT2D eigenvalue weighted by Gasteiger charge is 2.13. The molecule has 0 unspecified atom stereocenters. The van der Waals surface area contributed by atoms with E-state index >= 15 is 0 Å². The smallest absolute Gasteiger partial charge is 0.337 e. The van der Waals surface area contributed by atoms with Gasteiger partial charge in [-0.1, -0.05) is 36.4 Å². The third-order valence-electron chi connectivity index (χ3n) is 4.97. The van der Waals surface area contributed by atoms with Gasteiger partial charge in [0.15, 0.2) is 0 Å². The van der Waals surface area contributed by atoms with Crippen LogP contribution in [0.25, 0.3) is 11.1 Å². The lowest BCUT2D eigenvalue weighted by Crippen LogP contribution is -2.30. The highest BCUT2D eigenvalue weighted by Crippen LogP contribution is 2.28. The quantitative estimate of drug-likeness (QED) is 0.317. The molecule has 0 saturated carbocycles. The summed E-state index contributed by atoms with van der Waals surface area (Å²) in [5, 5.41) is 19.2. The van der Waals surface area contributed by atoms with Crippen LogP contribution >= 0.6 is 11.3 Å². The molecule has 4 aromatic rings. The Kier molecular flexibility index (Phi) is 6.19. The van der Waals surface area contributed by atoms with Crippen molar-refractivity contribution in [3.05, 3.63) is 95.2 Å². The van der Waals surface area contributed by atoms with Crippen LogP contribution in [-0.2, 0) is 0 Å². The highest BCUT2D eigenvalue weighted by atomic mass is 32.1. The van der Waals surface area contributed by atoms with Gasteiger partial charge < -0.3 is 15.7 Å². The van der Waals surface area contributed by atoms with E-state index in [-0.39, 0.29) is 11.6 Å². The molecule has 7 heteroatoms. The first kappa shape index (κ1) is 21.1. The van der Waals surface area contributed by atoms with Crippen LogP contribution in [0.5, 0.6) is 0 Å². The number of carbonyl (C=O) groups is 2. The molecule has 0 spiro atoms. The van der Waals surface area contributed by atoms with Gasteiger partial charge in [-0.3, -0.25) is 4.90 Å². The highest BCUT2D eigenvalue weighted by molar-refractivity contribution is 7.08. The second kappa shape index (κ2) is 9.36. The van der Waals surface area contributed by atoms with Crippen LogP contribution in [0.4, 0.5) is 27.5 Å². The number of hydrogen-bond acceptors (Lipinski definition) is 4. The fourth-order valence-corrected chi connectivity index (χ4v) is 3.82. The van der Waals surface area contributed by atoms with Crippen LogP contribution in [0.15, 0.2) is 89.6 Å². The molecule has 0 fully saturated rings. The normalized spacial score (nSPS) is 10.4. The van der Waals surface area contributed by atoms with Crippen LogP contribution < -0.4 is 15.5 Å². The van der Waals surface area contributed by atoms with Gasteiger partial charge in [0.25, 0.3) is 0 Å². The zero-order valence-electron chi connectivity index (χ0n) is 17.3. The summed E-state index contributed by atoms with van der Waals surface area (Å²) in [6.07, 6.45) is 0. The number of carboxylic acids is 1. The molecule has 3 aromatic carbocycles. The topological polar surface area (TPSA) is 81.7 Å². The summed E-state index contributed by atoms with van der Waals surface area (Å²) in [7, 11) is 1.73. The van der Waals surface area contributed by atoms with Crippen molar-refractivity contribution in [3.63, 3.8) is 0 Å². The zero-order chi connectivity index (χ0) is 22.5. The minimum atomic E-state index is -0.978. The Balaban J connectivity index is 1.50. The molecular weight excluding hydrogens is 422 g/mol. The molecule has 0 aliphatic carbocycles. The van der Waals surface area contributed by atoms with Crippen LogP contribution in [0.3, 0.4) is 0 Å². The molecule has 0 saturated heterocycles. The largest absolute Gasteiger partial charge is 0.478 e. The molecule has 4 rings (SSSR count). The maximum atomic E-state index is 12.5. The zero-order valence-corrected chi connectivity index (χ0v) is 18.1. The summed E-state index contributed by atoms with van der Waals surface area (Å²) in [6.45, 7) is 0. The van der Waals surface area contributed by atoms with Crippen molar-refractivity contribution in [2.75, 3.05) is 22.6 Å². The summed E-state index contributed by atoms with van der Waals surface area (Å²) in [4.78, 5) is 25.5. The second-order valence-corrected chi connectivity index (χ2v) is 7.88. The van der Waals surface area contributed by atoms with E-state index in [0.717, 1.165) is 28.2 Å². The number of hydrogen-bond donors (Lipinski definition) is 3. The average Bonchev–Trinajstić information content (AvgIpc) is 3.32.